The Hall–Kier alpha value is -0.410. The van der Waals surface area contributed by atoms with Crippen molar-refractivity contribution in [3.8, 4) is 0 Å². The highest BCUT2D eigenvalue weighted by molar-refractivity contribution is 7.11. The molecule has 2 unspecified atom stereocenters. The molecule has 0 amide bonds. The molecule has 2 atom stereocenters. The van der Waals surface area contributed by atoms with Crippen LogP contribution >= 0.6 is 11.3 Å². The molecule has 1 aliphatic rings. The molecular weight excluding hydrogens is 228 g/mol. The van der Waals surface area contributed by atoms with Gasteiger partial charge >= 0.3 is 0 Å². The van der Waals surface area contributed by atoms with Crippen LogP contribution in [0, 0.1) is 12.8 Å². The fourth-order valence-corrected chi connectivity index (χ4v) is 4.23. The maximum absolute atomic E-state index is 4.89. The first-order chi connectivity index (χ1) is 8.11. The van der Waals surface area contributed by atoms with Crippen LogP contribution in [0.3, 0.4) is 0 Å². The van der Waals surface area contributed by atoms with Gasteiger partial charge < -0.3 is 5.32 Å². The standard InChI is InChI=1S/C14H24N2S/c1-5-12-11(4)17-13(16-12)14(15-6-2)8-7-10(3)9-14/h10,15H,5-9H2,1-4H3. The van der Waals surface area contributed by atoms with E-state index in [1.54, 1.807) is 0 Å². The summed E-state index contributed by atoms with van der Waals surface area (Å²) in [5.41, 5.74) is 1.47. The fraction of sp³-hybridized carbons (Fsp3) is 0.786. The van der Waals surface area contributed by atoms with Crippen LogP contribution in [0.2, 0.25) is 0 Å². The second-order valence-electron chi connectivity index (χ2n) is 5.34. The van der Waals surface area contributed by atoms with Gasteiger partial charge in [-0.15, -0.1) is 11.3 Å². The molecule has 0 bridgehead atoms. The molecule has 1 aliphatic carbocycles. The maximum Gasteiger partial charge on any atom is 0.113 e. The Kier molecular flexibility index (Phi) is 3.88. The molecule has 17 heavy (non-hydrogen) atoms. The number of hydrogen-bond donors (Lipinski definition) is 1. The molecule has 2 nitrogen and oxygen atoms in total. The van der Waals surface area contributed by atoms with E-state index in [1.165, 1.54) is 34.8 Å². The van der Waals surface area contributed by atoms with Gasteiger partial charge in [-0.1, -0.05) is 20.8 Å². The Balaban J connectivity index is 2.32. The molecule has 1 saturated carbocycles. The number of nitrogens with one attached hydrogen (secondary N) is 1. The van der Waals surface area contributed by atoms with E-state index >= 15 is 0 Å². The number of hydrogen-bond acceptors (Lipinski definition) is 3. The van der Waals surface area contributed by atoms with Crippen LogP contribution in [-0.2, 0) is 12.0 Å². The lowest BCUT2D eigenvalue weighted by Gasteiger charge is -2.28. The topological polar surface area (TPSA) is 24.9 Å². The van der Waals surface area contributed by atoms with Crippen molar-refractivity contribution in [2.24, 2.45) is 5.92 Å². The lowest BCUT2D eigenvalue weighted by molar-refractivity contribution is 0.337. The predicted octanol–water partition coefficient (Wildman–Crippen LogP) is 3.64. The zero-order chi connectivity index (χ0) is 12.5. The molecular formula is C14H24N2S. The summed E-state index contributed by atoms with van der Waals surface area (Å²) in [6.45, 7) is 10.0. The average molecular weight is 252 g/mol. The fourth-order valence-electron chi connectivity index (χ4n) is 3.02. The van der Waals surface area contributed by atoms with Crippen LogP contribution in [-0.4, -0.2) is 11.5 Å². The van der Waals surface area contributed by atoms with Gasteiger partial charge in [-0.2, -0.15) is 0 Å². The molecule has 1 aromatic rings. The molecule has 0 aromatic carbocycles. The van der Waals surface area contributed by atoms with Gasteiger partial charge in [-0.05, 0) is 45.1 Å². The molecule has 1 heterocycles. The van der Waals surface area contributed by atoms with Crippen molar-refractivity contribution >= 4 is 11.3 Å². The van der Waals surface area contributed by atoms with E-state index < -0.39 is 0 Å². The number of thiazole rings is 1. The van der Waals surface area contributed by atoms with Crippen LogP contribution < -0.4 is 5.32 Å². The third-order valence-corrected chi connectivity index (χ3v) is 5.13. The summed E-state index contributed by atoms with van der Waals surface area (Å²) in [5.74, 6) is 0.823. The molecule has 2 rings (SSSR count). The monoisotopic (exact) mass is 252 g/mol. The molecule has 0 radical (unpaired) electrons. The van der Waals surface area contributed by atoms with Crippen molar-refractivity contribution in [1.82, 2.24) is 10.3 Å². The second-order valence-corrected chi connectivity index (χ2v) is 6.54. The second kappa shape index (κ2) is 5.07. The summed E-state index contributed by atoms with van der Waals surface area (Å²) >= 11 is 1.90. The molecule has 0 saturated heterocycles. The first kappa shape index (κ1) is 13.0. The van der Waals surface area contributed by atoms with E-state index in [4.69, 9.17) is 4.98 Å². The van der Waals surface area contributed by atoms with Gasteiger partial charge in [0.2, 0.25) is 0 Å². The van der Waals surface area contributed by atoms with E-state index in [2.05, 4.69) is 33.0 Å². The van der Waals surface area contributed by atoms with Crippen LogP contribution in [0.25, 0.3) is 0 Å². The molecule has 96 valence electrons. The normalized spacial score (nSPS) is 28.8. The van der Waals surface area contributed by atoms with Crippen molar-refractivity contribution in [1.29, 1.82) is 0 Å². The van der Waals surface area contributed by atoms with Crippen molar-refractivity contribution in [2.45, 2.75) is 58.9 Å². The summed E-state index contributed by atoms with van der Waals surface area (Å²) in [6.07, 6.45) is 4.88. The summed E-state index contributed by atoms with van der Waals surface area (Å²) in [5, 5.41) is 5.05. The first-order valence-electron chi connectivity index (χ1n) is 6.83. The Morgan fingerprint density at radius 2 is 2.24 bits per heavy atom. The van der Waals surface area contributed by atoms with Gasteiger partial charge in [0, 0.05) is 4.88 Å². The van der Waals surface area contributed by atoms with Gasteiger partial charge in [-0.3, -0.25) is 0 Å². The minimum atomic E-state index is 0.178. The Morgan fingerprint density at radius 3 is 2.71 bits per heavy atom. The predicted molar refractivity (Wildman–Crippen MR) is 74.6 cm³/mol. The minimum Gasteiger partial charge on any atom is -0.306 e. The highest BCUT2D eigenvalue weighted by Gasteiger charge is 2.40. The third kappa shape index (κ3) is 2.41. The maximum atomic E-state index is 4.89. The molecule has 1 aromatic heterocycles. The highest BCUT2D eigenvalue weighted by Crippen LogP contribution is 2.43. The zero-order valence-electron chi connectivity index (χ0n) is 11.5. The number of nitrogens with zero attached hydrogens (tertiary/aromatic N) is 1. The van der Waals surface area contributed by atoms with Crippen molar-refractivity contribution < 1.29 is 0 Å². The van der Waals surface area contributed by atoms with E-state index in [0.29, 0.717) is 0 Å². The smallest absolute Gasteiger partial charge is 0.113 e. The summed E-state index contributed by atoms with van der Waals surface area (Å²) in [6, 6.07) is 0. The van der Waals surface area contributed by atoms with Gasteiger partial charge in [0.25, 0.3) is 0 Å². The molecule has 1 fully saturated rings. The molecule has 3 heteroatoms. The van der Waals surface area contributed by atoms with Crippen LogP contribution in [0.4, 0.5) is 0 Å². The average Bonchev–Trinajstić information content (AvgIpc) is 2.84. The molecule has 0 aliphatic heterocycles. The van der Waals surface area contributed by atoms with Gasteiger partial charge in [0.1, 0.15) is 5.01 Å². The summed E-state index contributed by atoms with van der Waals surface area (Å²) < 4.78 is 0. The largest absolute Gasteiger partial charge is 0.306 e. The number of rotatable bonds is 4. The van der Waals surface area contributed by atoms with E-state index in [-0.39, 0.29) is 5.54 Å². The Morgan fingerprint density at radius 1 is 1.47 bits per heavy atom. The lowest BCUT2D eigenvalue weighted by Crippen LogP contribution is -2.40. The van der Waals surface area contributed by atoms with Crippen molar-refractivity contribution in [3.05, 3.63) is 15.6 Å². The van der Waals surface area contributed by atoms with E-state index in [0.717, 1.165) is 18.9 Å². The van der Waals surface area contributed by atoms with Gasteiger partial charge in [0.15, 0.2) is 0 Å². The lowest BCUT2D eigenvalue weighted by atomic mass is 9.97. The van der Waals surface area contributed by atoms with E-state index in [9.17, 15) is 0 Å². The Bertz CT molecular complexity index is 382. The SMILES string of the molecule is CCNC1(c2nc(CC)c(C)s2)CCC(C)C1. The molecule has 0 spiro atoms. The third-order valence-electron chi connectivity index (χ3n) is 3.91. The van der Waals surface area contributed by atoms with Crippen LogP contribution in [0.5, 0.6) is 0 Å². The minimum absolute atomic E-state index is 0.178. The number of aromatic nitrogens is 1. The highest BCUT2D eigenvalue weighted by atomic mass is 32.1. The molecule has 1 N–H and O–H groups in total. The van der Waals surface area contributed by atoms with Gasteiger partial charge in [-0.25, -0.2) is 4.98 Å². The summed E-state index contributed by atoms with van der Waals surface area (Å²) in [7, 11) is 0. The van der Waals surface area contributed by atoms with Crippen LogP contribution in [0.1, 0.15) is 55.6 Å². The zero-order valence-corrected chi connectivity index (χ0v) is 12.3. The van der Waals surface area contributed by atoms with Gasteiger partial charge in [0.05, 0.1) is 11.2 Å². The van der Waals surface area contributed by atoms with Crippen molar-refractivity contribution in [2.75, 3.05) is 6.54 Å². The Labute approximate surface area is 109 Å². The summed E-state index contributed by atoms with van der Waals surface area (Å²) in [4.78, 5) is 6.29. The van der Waals surface area contributed by atoms with Crippen molar-refractivity contribution in [3.63, 3.8) is 0 Å². The first-order valence-corrected chi connectivity index (χ1v) is 7.64. The number of aryl methyl sites for hydroxylation is 2. The van der Waals surface area contributed by atoms with E-state index in [1.807, 2.05) is 11.3 Å². The van der Waals surface area contributed by atoms with Crippen LogP contribution in [0.15, 0.2) is 0 Å². The quantitative estimate of drug-likeness (QED) is 0.885.